The van der Waals surface area contributed by atoms with Crippen LogP contribution in [-0.4, -0.2) is 25.1 Å². The Labute approximate surface area is 121 Å². The van der Waals surface area contributed by atoms with Gasteiger partial charge in [0.15, 0.2) is 0 Å². The van der Waals surface area contributed by atoms with Crippen molar-refractivity contribution >= 4 is 16.6 Å². The summed E-state index contributed by atoms with van der Waals surface area (Å²) in [7, 11) is 1.98. The highest BCUT2D eigenvalue weighted by Gasteiger charge is 2.23. The van der Waals surface area contributed by atoms with Crippen LogP contribution in [-0.2, 0) is 6.54 Å². The largest absolute Gasteiger partial charge is 0.356 e. The lowest BCUT2D eigenvalue weighted by atomic mass is 10.1. The van der Waals surface area contributed by atoms with Gasteiger partial charge >= 0.3 is 0 Å². The van der Waals surface area contributed by atoms with E-state index in [1.807, 2.05) is 13.2 Å². The fourth-order valence-electron chi connectivity index (χ4n) is 3.18. The number of aromatic nitrogens is 1. The summed E-state index contributed by atoms with van der Waals surface area (Å²) < 4.78 is 0. The average Bonchev–Trinajstić information content (AvgIpc) is 2.97. The van der Waals surface area contributed by atoms with Crippen LogP contribution in [0.5, 0.6) is 0 Å². The fourth-order valence-corrected chi connectivity index (χ4v) is 3.18. The Morgan fingerprint density at radius 3 is 2.80 bits per heavy atom. The molecule has 0 amide bonds. The molecule has 0 saturated carbocycles. The van der Waals surface area contributed by atoms with Crippen LogP contribution >= 0.6 is 0 Å². The van der Waals surface area contributed by atoms with Crippen LogP contribution in [0.15, 0.2) is 30.5 Å². The van der Waals surface area contributed by atoms with Crippen molar-refractivity contribution in [3.63, 3.8) is 0 Å². The third kappa shape index (κ3) is 2.38. The molecule has 1 aromatic heterocycles. The van der Waals surface area contributed by atoms with Gasteiger partial charge in [0.2, 0.25) is 0 Å². The van der Waals surface area contributed by atoms with Crippen LogP contribution < -0.4 is 10.2 Å². The summed E-state index contributed by atoms with van der Waals surface area (Å²) in [6.45, 7) is 5.45. The van der Waals surface area contributed by atoms with Gasteiger partial charge in [-0.1, -0.05) is 37.6 Å². The Morgan fingerprint density at radius 1 is 1.30 bits per heavy atom. The second kappa shape index (κ2) is 5.80. The van der Waals surface area contributed by atoms with Crippen molar-refractivity contribution in [3.05, 3.63) is 36.0 Å². The van der Waals surface area contributed by atoms with Crippen molar-refractivity contribution in [2.45, 2.75) is 26.3 Å². The van der Waals surface area contributed by atoms with E-state index in [1.54, 1.807) is 0 Å². The molecule has 1 aromatic carbocycles. The summed E-state index contributed by atoms with van der Waals surface area (Å²) in [5.41, 5.74) is 1.28. The molecule has 2 aromatic rings. The molecule has 20 heavy (non-hydrogen) atoms. The minimum absolute atomic E-state index is 0.826. The Balaban J connectivity index is 2.02. The number of anilines is 1. The molecule has 3 heteroatoms. The van der Waals surface area contributed by atoms with Crippen LogP contribution in [0.2, 0.25) is 0 Å². The van der Waals surface area contributed by atoms with Crippen molar-refractivity contribution in [3.8, 4) is 0 Å². The minimum atomic E-state index is 0.826. The molecule has 1 N–H and O–H groups in total. The molecule has 1 unspecified atom stereocenters. The molecule has 0 spiro atoms. The van der Waals surface area contributed by atoms with E-state index in [0.717, 1.165) is 31.4 Å². The van der Waals surface area contributed by atoms with Gasteiger partial charge in [-0.15, -0.1) is 0 Å². The maximum Gasteiger partial charge on any atom is 0.136 e. The zero-order valence-electron chi connectivity index (χ0n) is 12.4. The lowest BCUT2D eigenvalue weighted by Crippen LogP contribution is -2.21. The zero-order chi connectivity index (χ0) is 13.9. The molecule has 1 atom stereocenters. The first-order valence-electron chi connectivity index (χ1n) is 7.59. The Hall–Kier alpha value is -1.61. The number of hydrogen-bond acceptors (Lipinski definition) is 3. The smallest absolute Gasteiger partial charge is 0.136 e. The second-order valence-corrected chi connectivity index (χ2v) is 5.69. The Kier molecular flexibility index (Phi) is 3.88. The highest BCUT2D eigenvalue weighted by atomic mass is 15.2. The predicted molar refractivity (Wildman–Crippen MR) is 85.1 cm³/mol. The standard InChI is InChI=1S/C17H23N3/c1-3-13-8-9-20(12-13)17-16-7-5-4-6-15(16)14(10-18-2)11-19-17/h4-7,11,13,18H,3,8-10,12H2,1-2H3. The number of fused-ring (bicyclic) bond motifs is 1. The van der Waals surface area contributed by atoms with Gasteiger partial charge in [0.25, 0.3) is 0 Å². The summed E-state index contributed by atoms with van der Waals surface area (Å²) in [4.78, 5) is 7.22. The molecule has 3 rings (SSSR count). The van der Waals surface area contributed by atoms with E-state index in [0.29, 0.717) is 0 Å². The monoisotopic (exact) mass is 269 g/mol. The molecule has 0 radical (unpaired) electrons. The average molecular weight is 269 g/mol. The molecule has 2 heterocycles. The van der Waals surface area contributed by atoms with Crippen molar-refractivity contribution in [1.82, 2.24) is 10.3 Å². The van der Waals surface area contributed by atoms with Crippen LogP contribution in [0.3, 0.4) is 0 Å². The molecule has 1 fully saturated rings. The molecule has 0 aliphatic carbocycles. The summed E-state index contributed by atoms with van der Waals surface area (Å²) in [6, 6.07) is 8.64. The Bertz CT molecular complexity index is 594. The van der Waals surface area contributed by atoms with E-state index in [1.165, 1.54) is 29.2 Å². The molecule has 0 bridgehead atoms. The van der Waals surface area contributed by atoms with E-state index >= 15 is 0 Å². The molecule has 1 aliphatic rings. The van der Waals surface area contributed by atoms with E-state index in [4.69, 9.17) is 4.98 Å². The summed E-state index contributed by atoms with van der Waals surface area (Å²) in [5, 5.41) is 5.84. The van der Waals surface area contributed by atoms with Crippen LogP contribution in [0.25, 0.3) is 10.8 Å². The lowest BCUT2D eigenvalue weighted by molar-refractivity contribution is 0.569. The predicted octanol–water partition coefficient (Wildman–Crippen LogP) is 3.19. The molecule has 1 aliphatic heterocycles. The van der Waals surface area contributed by atoms with E-state index in [9.17, 15) is 0 Å². The SMILES string of the molecule is CCC1CCN(c2ncc(CNC)c3ccccc23)C1. The summed E-state index contributed by atoms with van der Waals surface area (Å²) >= 11 is 0. The molecule has 3 nitrogen and oxygen atoms in total. The summed E-state index contributed by atoms with van der Waals surface area (Å²) in [5.74, 6) is 1.99. The van der Waals surface area contributed by atoms with Crippen molar-refractivity contribution in [2.24, 2.45) is 5.92 Å². The third-order valence-corrected chi connectivity index (χ3v) is 4.39. The highest BCUT2D eigenvalue weighted by molar-refractivity contribution is 5.94. The first-order valence-corrected chi connectivity index (χ1v) is 7.59. The van der Waals surface area contributed by atoms with Crippen LogP contribution in [0, 0.1) is 5.92 Å². The second-order valence-electron chi connectivity index (χ2n) is 5.69. The fraction of sp³-hybridized carbons (Fsp3) is 0.471. The third-order valence-electron chi connectivity index (χ3n) is 4.39. The molecular formula is C17H23N3. The first-order chi connectivity index (χ1) is 9.83. The maximum absolute atomic E-state index is 4.76. The quantitative estimate of drug-likeness (QED) is 0.924. The highest BCUT2D eigenvalue weighted by Crippen LogP contribution is 2.31. The van der Waals surface area contributed by atoms with Crippen molar-refractivity contribution in [1.29, 1.82) is 0 Å². The van der Waals surface area contributed by atoms with Gasteiger partial charge in [0.05, 0.1) is 0 Å². The minimum Gasteiger partial charge on any atom is -0.356 e. The van der Waals surface area contributed by atoms with Gasteiger partial charge in [0.1, 0.15) is 5.82 Å². The Morgan fingerprint density at radius 2 is 2.10 bits per heavy atom. The normalized spacial score (nSPS) is 18.9. The zero-order valence-corrected chi connectivity index (χ0v) is 12.4. The van der Waals surface area contributed by atoms with Gasteiger partial charge in [-0.05, 0) is 30.3 Å². The van der Waals surface area contributed by atoms with Gasteiger partial charge in [0, 0.05) is 31.2 Å². The molecule has 1 saturated heterocycles. The van der Waals surface area contributed by atoms with Crippen molar-refractivity contribution in [2.75, 3.05) is 25.0 Å². The van der Waals surface area contributed by atoms with E-state index in [2.05, 4.69) is 41.4 Å². The van der Waals surface area contributed by atoms with Crippen LogP contribution in [0.1, 0.15) is 25.3 Å². The van der Waals surface area contributed by atoms with E-state index in [-0.39, 0.29) is 0 Å². The van der Waals surface area contributed by atoms with Gasteiger partial charge in [-0.2, -0.15) is 0 Å². The number of benzene rings is 1. The van der Waals surface area contributed by atoms with Crippen LogP contribution in [0.4, 0.5) is 5.82 Å². The topological polar surface area (TPSA) is 28.2 Å². The number of pyridine rings is 1. The van der Waals surface area contributed by atoms with Gasteiger partial charge < -0.3 is 10.2 Å². The molecular weight excluding hydrogens is 246 g/mol. The lowest BCUT2D eigenvalue weighted by Gasteiger charge is -2.20. The van der Waals surface area contributed by atoms with E-state index < -0.39 is 0 Å². The number of hydrogen-bond donors (Lipinski definition) is 1. The maximum atomic E-state index is 4.76. The summed E-state index contributed by atoms with van der Waals surface area (Å²) in [6.07, 6.45) is 4.60. The number of rotatable bonds is 4. The molecule has 106 valence electrons. The number of nitrogens with one attached hydrogen (secondary N) is 1. The van der Waals surface area contributed by atoms with Gasteiger partial charge in [-0.25, -0.2) is 4.98 Å². The number of nitrogens with zero attached hydrogens (tertiary/aromatic N) is 2. The van der Waals surface area contributed by atoms with Gasteiger partial charge in [-0.3, -0.25) is 0 Å². The first kappa shape index (κ1) is 13.4. The van der Waals surface area contributed by atoms with Crippen molar-refractivity contribution < 1.29 is 0 Å².